The van der Waals surface area contributed by atoms with Gasteiger partial charge in [-0.25, -0.2) is 0 Å². The molecule has 2 aliphatic rings. The summed E-state index contributed by atoms with van der Waals surface area (Å²) >= 11 is 0. The first kappa shape index (κ1) is 16.4. The number of methoxy groups -OCH3 is 1. The van der Waals surface area contributed by atoms with Crippen LogP contribution in [0.2, 0.25) is 0 Å². The summed E-state index contributed by atoms with van der Waals surface area (Å²) in [6.07, 6.45) is 0. The van der Waals surface area contributed by atoms with E-state index in [-0.39, 0.29) is 17.7 Å². The third kappa shape index (κ3) is 2.18. The molecule has 1 spiro atoms. The molecular formula is C20H21N3O3. The standard InChI is InChI=1S/C20H21N3O3/c1-12(2)11-23-18(24)14-6-4-5-7-16(14)22-20(23)15-9-8-13(26-3)10-17(15)21-19(20)25/h4-10,12,22H,11H2,1-3H3,(H,21,25). The van der Waals surface area contributed by atoms with Gasteiger partial charge in [-0.05, 0) is 30.2 Å². The Hall–Kier alpha value is -3.02. The summed E-state index contributed by atoms with van der Waals surface area (Å²) in [5.41, 5.74) is 1.37. The zero-order valence-electron chi connectivity index (χ0n) is 15.0. The van der Waals surface area contributed by atoms with Crippen LogP contribution in [0, 0.1) is 5.92 Å². The fraction of sp³-hybridized carbons (Fsp3) is 0.300. The Morgan fingerprint density at radius 1 is 1.12 bits per heavy atom. The molecule has 0 aromatic heterocycles. The summed E-state index contributed by atoms with van der Waals surface area (Å²) in [5.74, 6) is 0.452. The molecule has 2 N–H and O–H groups in total. The molecule has 26 heavy (non-hydrogen) atoms. The van der Waals surface area contributed by atoms with E-state index >= 15 is 0 Å². The maximum Gasteiger partial charge on any atom is 0.276 e. The Morgan fingerprint density at radius 2 is 1.88 bits per heavy atom. The lowest BCUT2D eigenvalue weighted by atomic mass is 9.92. The van der Waals surface area contributed by atoms with E-state index in [9.17, 15) is 9.59 Å². The van der Waals surface area contributed by atoms with E-state index in [1.54, 1.807) is 30.2 Å². The Labute approximate surface area is 152 Å². The largest absolute Gasteiger partial charge is 0.497 e. The van der Waals surface area contributed by atoms with Crippen LogP contribution in [-0.2, 0) is 10.5 Å². The average Bonchev–Trinajstić information content (AvgIpc) is 2.90. The zero-order valence-corrected chi connectivity index (χ0v) is 15.0. The highest BCUT2D eigenvalue weighted by Crippen LogP contribution is 2.46. The smallest absolute Gasteiger partial charge is 0.276 e. The highest BCUT2D eigenvalue weighted by Gasteiger charge is 2.56. The summed E-state index contributed by atoms with van der Waals surface area (Å²) < 4.78 is 5.27. The number of nitrogens with one attached hydrogen (secondary N) is 2. The van der Waals surface area contributed by atoms with Crippen LogP contribution >= 0.6 is 0 Å². The number of carbonyl (C=O) groups is 2. The second-order valence-corrected chi connectivity index (χ2v) is 7.06. The fourth-order valence-electron chi connectivity index (χ4n) is 3.72. The van der Waals surface area contributed by atoms with Crippen molar-refractivity contribution in [2.75, 3.05) is 24.3 Å². The lowest BCUT2D eigenvalue weighted by Gasteiger charge is -2.45. The summed E-state index contributed by atoms with van der Waals surface area (Å²) in [7, 11) is 1.58. The zero-order chi connectivity index (χ0) is 18.5. The highest BCUT2D eigenvalue weighted by atomic mass is 16.5. The van der Waals surface area contributed by atoms with Crippen molar-refractivity contribution in [2.24, 2.45) is 5.92 Å². The number of fused-ring (bicyclic) bond motifs is 3. The molecule has 6 nitrogen and oxygen atoms in total. The number of nitrogens with zero attached hydrogens (tertiary/aromatic N) is 1. The van der Waals surface area contributed by atoms with Crippen molar-refractivity contribution in [3.05, 3.63) is 53.6 Å². The molecule has 0 aliphatic carbocycles. The molecule has 2 amide bonds. The quantitative estimate of drug-likeness (QED) is 0.892. The predicted molar refractivity (Wildman–Crippen MR) is 99.2 cm³/mol. The van der Waals surface area contributed by atoms with Gasteiger partial charge < -0.3 is 20.3 Å². The van der Waals surface area contributed by atoms with Crippen molar-refractivity contribution in [1.82, 2.24) is 4.90 Å². The predicted octanol–water partition coefficient (Wildman–Crippen LogP) is 3.02. The minimum atomic E-state index is -1.25. The SMILES string of the molecule is COc1ccc2c(c1)NC(=O)C21Nc2ccccc2C(=O)N1CC(C)C. The number of benzene rings is 2. The highest BCUT2D eigenvalue weighted by molar-refractivity contribution is 6.14. The number of hydrogen-bond donors (Lipinski definition) is 2. The van der Waals surface area contributed by atoms with E-state index in [1.165, 1.54) is 0 Å². The molecule has 1 atom stereocenters. The lowest BCUT2D eigenvalue weighted by Crippen LogP contribution is -2.62. The number of rotatable bonds is 3. The molecule has 2 aromatic carbocycles. The minimum Gasteiger partial charge on any atom is -0.497 e. The Bertz CT molecular complexity index is 909. The molecule has 4 rings (SSSR count). The number of anilines is 2. The normalized spacial score (nSPS) is 20.7. The van der Waals surface area contributed by atoms with Gasteiger partial charge in [0, 0.05) is 23.9 Å². The van der Waals surface area contributed by atoms with Gasteiger partial charge in [0.15, 0.2) is 0 Å². The van der Waals surface area contributed by atoms with E-state index in [0.29, 0.717) is 29.2 Å². The van der Waals surface area contributed by atoms with E-state index in [4.69, 9.17) is 4.74 Å². The summed E-state index contributed by atoms with van der Waals surface area (Å²) in [4.78, 5) is 28.1. The van der Waals surface area contributed by atoms with Crippen molar-refractivity contribution in [3.8, 4) is 5.75 Å². The first-order valence-electron chi connectivity index (χ1n) is 8.66. The van der Waals surface area contributed by atoms with Crippen LogP contribution in [0.4, 0.5) is 11.4 Å². The number of para-hydroxylation sites is 1. The van der Waals surface area contributed by atoms with Crippen molar-refractivity contribution in [3.63, 3.8) is 0 Å². The van der Waals surface area contributed by atoms with Crippen molar-refractivity contribution in [2.45, 2.75) is 19.5 Å². The van der Waals surface area contributed by atoms with Gasteiger partial charge in [-0.3, -0.25) is 9.59 Å². The molecular weight excluding hydrogens is 330 g/mol. The van der Waals surface area contributed by atoms with E-state index < -0.39 is 5.66 Å². The van der Waals surface area contributed by atoms with Crippen LogP contribution in [0.15, 0.2) is 42.5 Å². The topological polar surface area (TPSA) is 70.7 Å². The molecule has 0 bridgehead atoms. The van der Waals surface area contributed by atoms with Gasteiger partial charge in [-0.1, -0.05) is 26.0 Å². The number of amides is 2. The molecule has 0 saturated heterocycles. The maximum absolute atomic E-state index is 13.3. The van der Waals surface area contributed by atoms with Crippen LogP contribution in [0.1, 0.15) is 29.8 Å². The van der Waals surface area contributed by atoms with Crippen molar-refractivity contribution in [1.29, 1.82) is 0 Å². The van der Waals surface area contributed by atoms with E-state index in [1.807, 2.05) is 38.1 Å². The summed E-state index contributed by atoms with van der Waals surface area (Å²) in [6.45, 7) is 4.52. The van der Waals surface area contributed by atoms with Crippen LogP contribution in [0.3, 0.4) is 0 Å². The number of ether oxygens (including phenoxy) is 1. The summed E-state index contributed by atoms with van der Waals surface area (Å²) in [5, 5.41) is 6.27. The Morgan fingerprint density at radius 3 is 2.62 bits per heavy atom. The molecule has 0 saturated carbocycles. The molecule has 0 radical (unpaired) electrons. The molecule has 6 heteroatoms. The molecule has 2 aromatic rings. The van der Waals surface area contributed by atoms with E-state index in [2.05, 4.69) is 10.6 Å². The molecule has 2 aliphatic heterocycles. The second-order valence-electron chi connectivity index (χ2n) is 7.06. The maximum atomic E-state index is 13.3. The molecule has 2 heterocycles. The lowest BCUT2D eigenvalue weighted by molar-refractivity contribution is -0.125. The Balaban J connectivity index is 1.93. The molecule has 134 valence electrons. The first-order chi connectivity index (χ1) is 12.5. The summed E-state index contributed by atoms with van der Waals surface area (Å²) in [6, 6.07) is 12.7. The monoisotopic (exact) mass is 351 g/mol. The Kier molecular flexibility index (Phi) is 3.64. The fourth-order valence-corrected chi connectivity index (χ4v) is 3.72. The minimum absolute atomic E-state index is 0.146. The van der Waals surface area contributed by atoms with Gasteiger partial charge >= 0.3 is 0 Å². The molecule has 1 unspecified atom stereocenters. The van der Waals surface area contributed by atoms with Crippen LogP contribution in [0.5, 0.6) is 5.75 Å². The van der Waals surface area contributed by atoms with Crippen LogP contribution < -0.4 is 15.4 Å². The molecule has 0 fully saturated rings. The average molecular weight is 351 g/mol. The van der Waals surface area contributed by atoms with Gasteiger partial charge in [0.2, 0.25) is 5.66 Å². The van der Waals surface area contributed by atoms with Gasteiger partial charge in [-0.2, -0.15) is 0 Å². The van der Waals surface area contributed by atoms with Crippen LogP contribution in [0.25, 0.3) is 0 Å². The third-order valence-electron chi connectivity index (χ3n) is 4.86. The van der Waals surface area contributed by atoms with Crippen LogP contribution in [-0.4, -0.2) is 30.4 Å². The second kappa shape index (κ2) is 5.76. The first-order valence-corrected chi connectivity index (χ1v) is 8.66. The number of carbonyl (C=O) groups excluding carboxylic acids is 2. The van der Waals surface area contributed by atoms with Gasteiger partial charge in [0.25, 0.3) is 11.8 Å². The third-order valence-corrected chi connectivity index (χ3v) is 4.86. The van der Waals surface area contributed by atoms with Gasteiger partial charge in [0.1, 0.15) is 5.75 Å². The number of hydrogen-bond acceptors (Lipinski definition) is 4. The van der Waals surface area contributed by atoms with Gasteiger partial charge in [0.05, 0.1) is 18.4 Å². The van der Waals surface area contributed by atoms with E-state index in [0.717, 1.165) is 5.56 Å². The van der Waals surface area contributed by atoms with Crippen molar-refractivity contribution < 1.29 is 14.3 Å². The van der Waals surface area contributed by atoms with Crippen molar-refractivity contribution >= 4 is 23.2 Å². The van der Waals surface area contributed by atoms with Gasteiger partial charge in [-0.15, -0.1) is 0 Å².